The molecule has 0 radical (unpaired) electrons. The maximum absolute atomic E-state index is 13.0. The number of hydrogen-bond acceptors (Lipinski definition) is 6. The fourth-order valence-corrected chi connectivity index (χ4v) is 4.46. The topological polar surface area (TPSA) is 58.1 Å². The number of rotatable bonds is 10. The van der Waals surface area contributed by atoms with Crippen molar-refractivity contribution in [2.75, 3.05) is 17.6 Å². The standard InChI is InChI=1S/C22H25FN4OS2/c1-3-12-27(14-18-6-4-16(2)5-7-18)20(28)15-29-22-26-25-21(30-22)24-13-17-8-10-19(23)11-9-17/h4-11H,3,12-15H2,1-2H3,(H,24,25). The van der Waals surface area contributed by atoms with Gasteiger partial charge in [-0.1, -0.05) is 72.0 Å². The Balaban J connectivity index is 1.50. The Kier molecular flexibility index (Phi) is 8.21. The molecule has 2 aromatic carbocycles. The van der Waals surface area contributed by atoms with Crippen LogP contribution in [0.15, 0.2) is 52.9 Å². The Morgan fingerprint density at radius 1 is 1.10 bits per heavy atom. The molecule has 3 aromatic rings. The highest BCUT2D eigenvalue weighted by molar-refractivity contribution is 8.01. The Labute approximate surface area is 184 Å². The normalized spacial score (nSPS) is 10.8. The molecule has 5 nitrogen and oxygen atoms in total. The number of amides is 1. The molecule has 0 aliphatic rings. The minimum atomic E-state index is -0.252. The van der Waals surface area contributed by atoms with Crippen molar-refractivity contribution < 1.29 is 9.18 Å². The van der Waals surface area contributed by atoms with E-state index in [0.29, 0.717) is 24.0 Å². The van der Waals surface area contributed by atoms with E-state index in [1.165, 1.54) is 40.8 Å². The second-order valence-electron chi connectivity index (χ2n) is 6.94. The molecule has 0 spiro atoms. The molecule has 1 aromatic heterocycles. The van der Waals surface area contributed by atoms with Crippen LogP contribution in [0.3, 0.4) is 0 Å². The third-order valence-corrected chi connectivity index (χ3v) is 6.42. The molecule has 1 heterocycles. The number of aryl methyl sites for hydroxylation is 1. The maximum atomic E-state index is 13.0. The summed E-state index contributed by atoms with van der Waals surface area (Å²) in [5.41, 5.74) is 3.31. The second-order valence-corrected chi connectivity index (χ2v) is 9.14. The largest absolute Gasteiger partial charge is 0.356 e. The zero-order valence-electron chi connectivity index (χ0n) is 17.1. The fraction of sp³-hybridized carbons (Fsp3) is 0.318. The van der Waals surface area contributed by atoms with Crippen molar-refractivity contribution in [2.24, 2.45) is 0 Å². The van der Waals surface area contributed by atoms with Crippen LogP contribution in [0, 0.1) is 12.7 Å². The monoisotopic (exact) mass is 444 g/mol. The number of nitrogens with zero attached hydrogens (tertiary/aromatic N) is 3. The molecule has 30 heavy (non-hydrogen) atoms. The molecule has 0 saturated carbocycles. The molecule has 158 valence electrons. The van der Waals surface area contributed by atoms with Gasteiger partial charge in [0.1, 0.15) is 5.82 Å². The molecule has 3 rings (SSSR count). The molecule has 0 bridgehead atoms. The lowest BCUT2D eigenvalue weighted by molar-refractivity contribution is -0.129. The van der Waals surface area contributed by atoms with E-state index >= 15 is 0 Å². The van der Waals surface area contributed by atoms with E-state index in [1.807, 2.05) is 4.90 Å². The number of aromatic nitrogens is 2. The third kappa shape index (κ3) is 6.81. The van der Waals surface area contributed by atoms with Crippen LogP contribution in [0.5, 0.6) is 0 Å². The van der Waals surface area contributed by atoms with Crippen LogP contribution in [0.1, 0.15) is 30.0 Å². The molecule has 8 heteroatoms. The minimum absolute atomic E-state index is 0.0958. The Hall–Kier alpha value is -2.45. The SMILES string of the molecule is CCCN(Cc1ccc(C)cc1)C(=O)CSc1nnc(NCc2ccc(F)cc2)s1. The first-order valence-electron chi connectivity index (χ1n) is 9.81. The van der Waals surface area contributed by atoms with Crippen LogP contribution in [-0.2, 0) is 17.9 Å². The number of benzene rings is 2. The average molecular weight is 445 g/mol. The predicted octanol–water partition coefficient (Wildman–Crippen LogP) is 5.13. The van der Waals surface area contributed by atoms with E-state index in [0.717, 1.165) is 28.4 Å². The van der Waals surface area contributed by atoms with Crippen LogP contribution in [0.4, 0.5) is 9.52 Å². The number of nitrogens with one attached hydrogen (secondary N) is 1. The van der Waals surface area contributed by atoms with Crippen LogP contribution < -0.4 is 5.32 Å². The summed E-state index contributed by atoms with van der Waals surface area (Å²) in [7, 11) is 0. The van der Waals surface area contributed by atoms with Gasteiger partial charge in [0.15, 0.2) is 4.34 Å². The van der Waals surface area contributed by atoms with Crippen LogP contribution in [0.2, 0.25) is 0 Å². The molecule has 0 aliphatic heterocycles. The molecule has 1 amide bonds. The van der Waals surface area contributed by atoms with Gasteiger partial charge in [-0.2, -0.15) is 0 Å². The lowest BCUT2D eigenvalue weighted by atomic mass is 10.1. The second kappa shape index (κ2) is 11.1. The highest BCUT2D eigenvalue weighted by Gasteiger charge is 2.15. The number of halogens is 1. The highest BCUT2D eigenvalue weighted by Crippen LogP contribution is 2.26. The highest BCUT2D eigenvalue weighted by atomic mass is 32.2. The Morgan fingerprint density at radius 3 is 2.50 bits per heavy atom. The molecular formula is C22H25FN4OS2. The van der Waals surface area contributed by atoms with E-state index < -0.39 is 0 Å². The summed E-state index contributed by atoms with van der Waals surface area (Å²) in [5.74, 6) is 0.175. The first kappa shape index (κ1) is 22.2. The van der Waals surface area contributed by atoms with Crippen molar-refractivity contribution in [2.45, 2.75) is 37.7 Å². The van der Waals surface area contributed by atoms with Gasteiger partial charge in [0.05, 0.1) is 5.75 Å². The fourth-order valence-electron chi connectivity index (χ4n) is 2.81. The predicted molar refractivity (Wildman–Crippen MR) is 121 cm³/mol. The number of carbonyl (C=O) groups excluding carboxylic acids is 1. The molecule has 0 aliphatic carbocycles. The van der Waals surface area contributed by atoms with Crippen molar-refractivity contribution in [3.8, 4) is 0 Å². The molecule has 0 unspecified atom stereocenters. The quantitative estimate of drug-likeness (QED) is 0.440. The smallest absolute Gasteiger partial charge is 0.233 e. The summed E-state index contributed by atoms with van der Waals surface area (Å²) in [5, 5.41) is 12.1. The van der Waals surface area contributed by atoms with Gasteiger partial charge in [-0.3, -0.25) is 4.79 Å². The minimum Gasteiger partial charge on any atom is -0.356 e. The summed E-state index contributed by atoms with van der Waals surface area (Å²) in [6.07, 6.45) is 0.915. The molecule has 1 N–H and O–H groups in total. The van der Waals surface area contributed by atoms with E-state index in [2.05, 4.69) is 53.6 Å². The van der Waals surface area contributed by atoms with Gasteiger partial charge in [-0.15, -0.1) is 10.2 Å². The summed E-state index contributed by atoms with van der Waals surface area (Å²) in [6.45, 7) is 6.02. The van der Waals surface area contributed by atoms with E-state index in [1.54, 1.807) is 12.1 Å². The van der Waals surface area contributed by atoms with Gasteiger partial charge in [-0.05, 0) is 36.6 Å². The summed E-state index contributed by atoms with van der Waals surface area (Å²) in [6, 6.07) is 14.6. The van der Waals surface area contributed by atoms with Gasteiger partial charge in [-0.25, -0.2) is 4.39 Å². The summed E-state index contributed by atoms with van der Waals surface area (Å²) in [4.78, 5) is 14.6. The van der Waals surface area contributed by atoms with Crippen molar-refractivity contribution >= 4 is 34.1 Å². The number of carbonyl (C=O) groups is 1. The summed E-state index contributed by atoms with van der Waals surface area (Å²) < 4.78 is 13.7. The average Bonchev–Trinajstić information content (AvgIpc) is 3.21. The zero-order chi connectivity index (χ0) is 21.3. The van der Waals surface area contributed by atoms with Crippen molar-refractivity contribution in [1.29, 1.82) is 0 Å². The number of thioether (sulfide) groups is 1. The Morgan fingerprint density at radius 2 is 1.80 bits per heavy atom. The third-order valence-electron chi connectivity index (χ3n) is 4.42. The number of hydrogen-bond donors (Lipinski definition) is 1. The summed E-state index contributed by atoms with van der Waals surface area (Å²) >= 11 is 2.82. The Bertz CT molecular complexity index is 945. The van der Waals surface area contributed by atoms with Gasteiger partial charge >= 0.3 is 0 Å². The van der Waals surface area contributed by atoms with Gasteiger partial charge in [0, 0.05) is 19.6 Å². The van der Waals surface area contributed by atoms with E-state index in [4.69, 9.17) is 0 Å². The van der Waals surface area contributed by atoms with Crippen LogP contribution >= 0.6 is 23.1 Å². The first-order chi connectivity index (χ1) is 14.5. The van der Waals surface area contributed by atoms with Crippen LogP contribution in [-0.4, -0.2) is 33.3 Å². The maximum Gasteiger partial charge on any atom is 0.233 e. The zero-order valence-corrected chi connectivity index (χ0v) is 18.7. The van der Waals surface area contributed by atoms with Crippen molar-refractivity contribution in [3.05, 3.63) is 71.0 Å². The van der Waals surface area contributed by atoms with E-state index in [-0.39, 0.29) is 11.7 Å². The molecule has 0 fully saturated rings. The van der Waals surface area contributed by atoms with E-state index in [9.17, 15) is 9.18 Å². The first-order valence-corrected chi connectivity index (χ1v) is 11.6. The molecular weight excluding hydrogens is 419 g/mol. The lowest BCUT2D eigenvalue weighted by Gasteiger charge is -2.22. The lowest BCUT2D eigenvalue weighted by Crippen LogP contribution is -2.32. The van der Waals surface area contributed by atoms with Crippen molar-refractivity contribution in [3.63, 3.8) is 0 Å². The van der Waals surface area contributed by atoms with Crippen LogP contribution in [0.25, 0.3) is 0 Å². The van der Waals surface area contributed by atoms with Gasteiger partial charge in [0.2, 0.25) is 11.0 Å². The molecule has 0 saturated heterocycles. The molecule has 0 atom stereocenters. The van der Waals surface area contributed by atoms with Gasteiger partial charge < -0.3 is 10.2 Å². The number of anilines is 1. The van der Waals surface area contributed by atoms with Gasteiger partial charge in [0.25, 0.3) is 0 Å². The van der Waals surface area contributed by atoms with Crippen molar-refractivity contribution in [1.82, 2.24) is 15.1 Å².